The van der Waals surface area contributed by atoms with Crippen molar-refractivity contribution in [3.05, 3.63) is 58.0 Å². The fourth-order valence-electron chi connectivity index (χ4n) is 1.88. The van der Waals surface area contributed by atoms with Gasteiger partial charge in [-0.05, 0) is 31.2 Å². The topological polar surface area (TPSA) is 33.4 Å². The molecule has 0 aliphatic carbocycles. The molecule has 0 saturated heterocycles. The third-order valence-corrected chi connectivity index (χ3v) is 3.80. The van der Waals surface area contributed by atoms with Crippen LogP contribution in [0.2, 0.25) is 0 Å². The summed E-state index contributed by atoms with van der Waals surface area (Å²) in [6.45, 7) is 2.03. The zero-order chi connectivity index (χ0) is 11.8. The number of para-hydroxylation sites is 1. The summed E-state index contributed by atoms with van der Waals surface area (Å²) in [4.78, 5) is 2.11. The van der Waals surface area contributed by atoms with Crippen LogP contribution >= 0.6 is 11.3 Å². The summed E-state index contributed by atoms with van der Waals surface area (Å²) in [5, 5.41) is 11.2. The predicted molar refractivity (Wildman–Crippen MR) is 69.3 cm³/mol. The number of aryl methyl sites for hydroxylation is 1. The average molecular weight is 244 g/mol. The monoisotopic (exact) mass is 244 g/mol. The normalized spacial score (nSPS) is 13.1. The maximum Gasteiger partial charge on any atom is 0.146 e. The van der Waals surface area contributed by atoms with E-state index in [0.29, 0.717) is 5.76 Å². The van der Waals surface area contributed by atoms with Crippen LogP contribution in [0.4, 0.5) is 0 Å². The minimum absolute atomic E-state index is 0.605. The van der Waals surface area contributed by atoms with Gasteiger partial charge in [-0.1, -0.05) is 18.2 Å². The molecule has 3 heteroatoms. The number of rotatable bonds is 2. The van der Waals surface area contributed by atoms with Crippen LogP contribution < -0.4 is 0 Å². The first kappa shape index (κ1) is 10.6. The summed E-state index contributed by atoms with van der Waals surface area (Å²) < 4.78 is 5.65. The minimum atomic E-state index is -0.666. The highest BCUT2D eigenvalue weighted by Gasteiger charge is 2.16. The second-order valence-electron chi connectivity index (χ2n) is 4.04. The van der Waals surface area contributed by atoms with Gasteiger partial charge in [0.05, 0.1) is 0 Å². The van der Waals surface area contributed by atoms with Crippen molar-refractivity contribution in [2.75, 3.05) is 0 Å². The van der Waals surface area contributed by atoms with Crippen molar-refractivity contribution >= 4 is 22.3 Å². The Labute approximate surface area is 103 Å². The van der Waals surface area contributed by atoms with Gasteiger partial charge in [-0.25, -0.2) is 0 Å². The Bertz CT molecular complexity index is 618. The molecule has 1 aromatic carbocycles. The Balaban J connectivity index is 2.03. The SMILES string of the molecule is Cc1ccc(C(O)c2cc3ccccc3o2)s1. The maximum atomic E-state index is 10.2. The van der Waals surface area contributed by atoms with E-state index in [1.165, 1.54) is 4.88 Å². The lowest BCUT2D eigenvalue weighted by atomic mass is 10.2. The first-order chi connectivity index (χ1) is 8.24. The molecule has 0 saturated carbocycles. The van der Waals surface area contributed by atoms with E-state index < -0.39 is 6.10 Å². The molecule has 2 aromatic heterocycles. The number of hydrogen-bond donors (Lipinski definition) is 1. The van der Waals surface area contributed by atoms with Gasteiger partial charge in [0, 0.05) is 15.1 Å². The van der Waals surface area contributed by atoms with Crippen LogP contribution in [0.5, 0.6) is 0 Å². The second kappa shape index (κ2) is 4.02. The molecule has 2 heterocycles. The summed E-state index contributed by atoms with van der Waals surface area (Å²) in [5.41, 5.74) is 0.815. The summed E-state index contributed by atoms with van der Waals surface area (Å²) in [6.07, 6.45) is -0.666. The van der Waals surface area contributed by atoms with Crippen molar-refractivity contribution in [2.24, 2.45) is 0 Å². The van der Waals surface area contributed by atoms with E-state index in [4.69, 9.17) is 4.42 Å². The van der Waals surface area contributed by atoms with Gasteiger partial charge in [0.15, 0.2) is 0 Å². The number of furan rings is 1. The van der Waals surface area contributed by atoms with Crippen molar-refractivity contribution in [3.8, 4) is 0 Å². The van der Waals surface area contributed by atoms with Gasteiger partial charge < -0.3 is 9.52 Å². The summed E-state index contributed by atoms with van der Waals surface area (Å²) in [6, 6.07) is 13.6. The van der Waals surface area contributed by atoms with Crippen LogP contribution in [0, 0.1) is 6.92 Å². The number of aliphatic hydroxyl groups excluding tert-OH is 1. The van der Waals surface area contributed by atoms with Crippen molar-refractivity contribution in [2.45, 2.75) is 13.0 Å². The Morgan fingerprint density at radius 1 is 1.18 bits per heavy atom. The number of aliphatic hydroxyl groups is 1. The van der Waals surface area contributed by atoms with Gasteiger partial charge >= 0.3 is 0 Å². The van der Waals surface area contributed by atoms with Crippen molar-refractivity contribution < 1.29 is 9.52 Å². The van der Waals surface area contributed by atoms with E-state index >= 15 is 0 Å². The third kappa shape index (κ3) is 1.88. The van der Waals surface area contributed by atoms with Gasteiger partial charge in [0.1, 0.15) is 17.4 Å². The van der Waals surface area contributed by atoms with E-state index in [1.807, 2.05) is 49.4 Å². The number of thiophene rings is 1. The zero-order valence-corrected chi connectivity index (χ0v) is 10.2. The minimum Gasteiger partial charge on any atom is -0.458 e. The number of benzene rings is 1. The maximum absolute atomic E-state index is 10.2. The summed E-state index contributed by atoms with van der Waals surface area (Å²) in [5.74, 6) is 0.605. The molecular weight excluding hydrogens is 232 g/mol. The third-order valence-electron chi connectivity index (χ3n) is 2.74. The molecule has 1 atom stereocenters. The molecule has 17 heavy (non-hydrogen) atoms. The highest BCUT2D eigenvalue weighted by atomic mass is 32.1. The molecule has 0 aliphatic heterocycles. The van der Waals surface area contributed by atoms with Gasteiger partial charge in [0.25, 0.3) is 0 Å². The quantitative estimate of drug-likeness (QED) is 0.742. The molecular formula is C14H12O2S. The first-order valence-corrected chi connectivity index (χ1v) is 6.28. The van der Waals surface area contributed by atoms with Crippen LogP contribution in [-0.2, 0) is 0 Å². The van der Waals surface area contributed by atoms with E-state index in [0.717, 1.165) is 15.8 Å². The molecule has 1 N–H and O–H groups in total. The standard InChI is InChI=1S/C14H12O2S/c1-9-6-7-13(17-9)14(15)12-8-10-4-2-3-5-11(10)16-12/h2-8,14-15H,1H3. The lowest BCUT2D eigenvalue weighted by molar-refractivity contribution is 0.196. The van der Waals surface area contributed by atoms with Gasteiger partial charge in [-0.3, -0.25) is 0 Å². The van der Waals surface area contributed by atoms with E-state index in [9.17, 15) is 5.11 Å². The molecule has 0 amide bonds. The summed E-state index contributed by atoms with van der Waals surface area (Å²) in [7, 11) is 0. The smallest absolute Gasteiger partial charge is 0.146 e. The average Bonchev–Trinajstić information content (AvgIpc) is 2.93. The Morgan fingerprint density at radius 3 is 2.71 bits per heavy atom. The van der Waals surface area contributed by atoms with Gasteiger partial charge in [-0.2, -0.15) is 0 Å². The molecule has 3 rings (SSSR count). The van der Waals surface area contributed by atoms with E-state index in [-0.39, 0.29) is 0 Å². The van der Waals surface area contributed by atoms with E-state index in [1.54, 1.807) is 11.3 Å². The van der Waals surface area contributed by atoms with Crippen molar-refractivity contribution in [3.63, 3.8) is 0 Å². The van der Waals surface area contributed by atoms with Crippen LogP contribution in [0.15, 0.2) is 46.9 Å². The second-order valence-corrected chi connectivity index (χ2v) is 5.36. The lowest BCUT2D eigenvalue weighted by Gasteiger charge is -2.03. The molecule has 86 valence electrons. The largest absolute Gasteiger partial charge is 0.458 e. The highest BCUT2D eigenvalue weighted by Crippen LogP contribution is 2.31. The first-order valence-electron chi connectivity index (χ1n) is 5.47. The highest BCUT2D eigenvalue weighted by molar-refractivity contribution is 7.12. The van der Waals surface area contributed by atoms with Crippen LogP contribution in [0.25, 0.3) is 11.0 Å². The van der Waals surface area contributed by atoms with Crippen LogP contribution in [-0.4, -0.2) is 5.11 Å². The van der Waals surface area contributed by atoms with Gasteiger partial charge in [0.2, 0.25) is 0 Å². The van der Waals surface area contributed by atoms with E-state index in [2.05, 4.69) is 0 Å². The fraction of sp³-hybridized carbons (Fsp3) is 0.143. The Morgan fingerprint density at radius 2 is 2.00 bits per heavy atom. The summed E-state index contributed by atoms with van der Waals surface area (Å²) >= 11 is 1.59. The molecule has 2 nitrogen and oxygen atoms in total. The van der Waals surface area contributed by atoms with Crippen molar-refractivity contribution in [1.82, 2.24) is 0 Å². The molecule has 0 spiro atoms. The van der Waals surface area contributed by atoms with Crippen molar-refractivity contribution in [1.29, 1.82) is 0 Å². The fourth-order valence-corrected chi connectivity index (χ4v) is 2.75. The Hall–Kier alpha value is -1.58. The molecule has 0 bridgehead atoms. The molecule has 0 fully saturated rings. The Kier molecular flexibility index (Phi) is 2.50. The van der Waals surface area contributed by atoms with Crippen LogP contribution in [0.1, 0.15) is 21.6 Å². The lowest BCUT2D eigenvalue weighted by Crippen LogP contribution is -1.93. The molecule has 1 unspecified atom stereocenters. The molecule has 0 radical (unpaired) electrons. The van der Waals surface area contributed by atoms with Crippen LogP contribution in [0.3, 0.4) is 0 Å². The zero-order valence-electron chi connectivity index (χ0n) is 9.38. The number of hydrogen-bond acceptors (Lipinski definition) is 3. The van der Waals surface area contributed by atoms with Gasteiger partial charge in [-0.15, -0.1) is 11.3 Å². The molecule has 0 aliphatic rings. The number of fused-ring (bicyclic) bond motifs is 1. The predicted octanol–water partition coefficient (Wildman–Crippen LogP) is 3.88. The molecule has 3 aromatic rings.